The largest absolute Gasteiger partial charge is 0.312 e. The number of nitrogens with zero attached hydrogens (tertiary/aromatic N) is 1. The Morgan fingerprint density at radius 1 is 1.19 bits per heavy atom. The van der Waals surface area contributed by atoms with E-state index in [1.165, 1.54) is 39.0 Å². The SMILES string of the molecule is CC1CN(CC2NCCCC2(C)C)CC1C. The van der Waals surface area contributed by atoms with E-state index in [0.717, 1.165) is 11.8 Å². The van der Waals surface area contributed by atoms with Gasteiger partial charge in [-0.3, -0.25) is 0 Å². The summed E-state index contributed by atoms with van der Waals surface area (Å²) in [5.74, 6) is 1.76. The van der Waals surface area contributed by atoms with Crippen LogP contribution in [0.15, 0.2) is 0 Å². The van der Waals surface area contributed by atoms with Gasteiger partial charge in [-0.15, -0.1) is 0 Å². The fraction of sp³-hybridized carbons (Fsp3) is 1.00. The van der Waals surface area contributed by atoms with Gasteiger partial charge in [0, 0.05) is 25.7 Å². The van der Waals surface area contributed by atoms with Gasteiger partial charge in [0.15, 0.2) is 0 Å². The Hall–Kier alpha value is -0.0800. The number of nitrogens with one attached hydrogen (secondary N) is 1. The molecule has 2 rings (SSSR count). The number of rotatable bonds is 2. The van der Waals surface area contributed by atoms with E-state index in [2.05, 4.69) is 37.9 Å². The molecule has 2 nitrogen and oxygen atoms in total. The molecular weight excluding hydrogens is 196 g/mol. The van der Waals surface area contributed by atoms with Crippen LogP contribution in [0.1, 0.15) is 40.5 Å². The first-order chi connectivity index (χ1) is 7.49. The fourth-order valence-corrected chi connectivity index (χ4v) is 3.24. The molecule has 94 valence electrons. The van der Waals surface area contributed by atoms with E-state index in [1.807, 2.05) is 0 Å². The summed E-state index contributed by atoms with van der Waals surface area (Å²) in [6, 6.07) is 0.693. The van der Waals surface area contributed by atoms with Crippen molar-refractivity contribution in [2.24, 2.45) is 17.3 Å². The maximum Gasteiger partial charge on any atom is 0.0246 e. The Bertz CT molecular complexity index is 227. The summed E-state index contributed by atoms with van der Waals surface area (Å²) in [6.45, 7) is 14.7. The van der Waals surface area contributed by atoms with Crippen molar-refractivity contribution in [2.75, 3.05) is 26.2 Å². The first-order valence-electron chi connectivity index (χ1n) is 6.95. The van der Waals surface area contributed by atoms with Gasteiger partial charge in [-0.1, -0.05) is 27.7 Å². The predicted octanol–water partition coefficient (Wildman–Crippen LogP) is 2.35. The summed E-state index contributed by atoms with van der Waals surface area (Å²) < 4.78 is 0. The highest BCUT2D eigenvalue weighted by Crippen LogP contribution is 2.32. The van der Waals surface area contributed by atoms with Crippen molar-refractivity contribution in [3.8, 4) is 0 Å². The average Bonchev–Trinajstić information content (AvgIpc) is 2.50. The lowest BCUT2D eigenvalue weighted by atomic mass is 9.77. The topological polar surface area (TPSA) is 15.3 Å². The molecule has 16 heavy (non-hydrogen) atoms. The van der Waals surface area contributed by atoms with Crippen LogP contribution in [0.25, 0.3) is 0 Å². The van der Waals surface area contributed by atoms with Crippen molar-refractivity contribution in [1.82, 2.24) is 10.2 Å². The van der Waals surface area contributed by atoms with Crippen LogP contribution < -0.4 is 5.32 Å². The molecule has 1 N–H and O–H groups in total. The van der Waals surface area contributed by atoms with Gasteiger partial charge in [0.05, 0.1) is 0 Å². The highest BCUT2D eigenvalue weighted by molar-refractivity contribution is 4.92. The molecule has 0 aromatic rings. The Kier molecular flexibility index (Phi) is 3.60. The summed E-state index contributed by atoms with van der Waals surface area (Å²) in [5, 5.41) is 3.72. The second kappa shape index (κ2) is 4.66. The molecule has 0 aromatic carbocycles. The monoisotopic (exact) mass is 224 g/mol. The molecular formula is C14H28N2. The van der Waals surface area contributed by atoms with E-state index < -0.39 is 0 Å². The van der Waals surface area contributed by atoms with Crippen LogP contribution in [-0.2, 0) is 0 Å². The lowest BCUT2D eigenvalue weighted by molar-refractivity contribution is 0.135. The third-order valence-electron chi connectivity index (χ3n) is 4.84. The maximum absolute atomic E-state index is 3.72. The number of hydrogen-bond acceptors (Lipinski definition) is 2. The zero-order chi connectivity index (χ0) is 11.8. The number of piperidine rings is 1. The molecule has 2 saturated heterocycles. The maximum atomic E-state index is 3.72. The molecule has 3 atom stereocenters. The number of likely N-dealkylation sites (tertiary alicyclic amines) is 1. The molecule has 0 bridgehead atoms. The molecule has 2 heteroatoms. The zero-order valence-corrected chi connectivity index (χ0v) is 11.4. The quantitative estimate of drug-likeness (QED) is 0.774. The summed E-state index contributed by atoms with van der Waals surface area (Å²) in [7, 11) is 0. The molecule has 3 unspecified atom stereocenters. The van der Waals surface area contributed by atoms with Crippen LogP contribution in [0, 0.1) is 17.3 Å². The predicted molar refractivity (Wildman–Crippen MR) is 69.6 cm³/mol. The van der Waals surface area contributed by atoms with E-state index in [9.17, 15) is 0 Å². The molecule has 0 radical (unpaired) electrons. The van der Waals surface area contributed by atoms with Crippen molar-refractivity contribution in [2.45, 2.75) is 46.6 Å². The van der Waals surface area contributed by atoms with Gasteiger partial charge in [-0.2, -0.15) is 0 Å². The second-order valence-electron chi connectivity index (χ2n) is 6.77. The van der Waals surface area contributed by atoms with Gasteiger partial charge < -0.3 is 10.2 Å². The van der Waals surface area contributed by atoms with Crippen molar-refractivity contribution in [3.05, 3.63) is 0 Å². The second-order valence-corrected chi connectivity index (χ2v) is 6.77. The van der Waals surface area contributed by atoms with Gasteiger partial charge in [-0.25, -0.2) is 0 Å². The van der Waals surface area contributed by atoms with Crippen molar-refractivity contribution in [1.29, 1.82) is 0 Å². The molecule has 0 amide bonds. The van der Waals surface area contributed by atoms with Gasteiger partial charge in [0.25, 0.3) is 0 Å². The Labute approximate surface area is 101 Å². The molecule has 0 spiro atoms. The van der Waals surface area contributed by atoms with Crippen LogP contribution in [0.2, 0.25) is 0 Å². The Morgan fingerprint density at radius 3 is 2.38 bits per heavy atom. The molecule has 2 aliphatic rings. The van der Waals surface area contributed by atoms with Crippen LogP contribution in [0.5, 0.6) is 0 Å². The van der Waals surface area contributed by atoms with Gasteiger partial charge in [0.1, 0.15) is 0 Å². The molecule has 2 aliphatic heterocycles. The standard InChI is InChI=1S/C14H28N2/c1-11-8-16(9-12(11)2)10-13-14(3,4)6-5-7-15-13/h11-13,15H,5-10H2,1-4H3. The number of hydrogen-bond donors (Lipinski definition) is 1. The van der Waals surface area contributed by atoms with Crippen LogP contribution in [0.4, 0.5) is 0 Å². The lowest BCUT2D eigenvalue weighted by Crippen LogP contribution is -2.52. The summed E-state index contributed by atoms with van der Waals surface area (Å²) in [4.78, 5) is 2.67. The van der Waals surface area contributed by atoms with E-state index >= 15 is 0 Å². The molecule has 2 fully saturated rings. The van der Waals surface area contributed by atoms with E-state index in [-0.39, 0.29) is 0 Å². The highest BCUT2D eigenvalue weighted by atomic mass is 15.2. The summed E-state index contributed by atoms with van der Waals surface area (Å²) in [5.41, 5.74) is 0.479. The van der Waals surface area contributed by atoms with Crippen LogP contribution in [-0.4, -0.2) is 37.1 Å². The van der Waals surface area contributed by atoms with Gasteiger partial charge >= 0.3 is 0 Å². The summed E-state index contributed by atoms with van der Waals surface area (Å²) in [6.07, 6.45) is 2.72. The van der Waals surface area contributed by atoms with E-state index in [0.29, 0.717) is 11.5 Å². The molecule has 0 saturated carbocycles. The van der Waals surface area contributed by atoms with E-state index in [4.69, 9.17) is 0 Å². The molecule has 2 heterocycles. The highest BCUT2D eigenvalue weighted by Gasteiger charge is 2.35. The van der Waals surface area contributed by atoms with Gasteiger partial charge in [0.2, 0.25) is 0 Å². The van der Waals surface area contributed by atoms with Crippen molar-refractivity contribution in [3.63, 3.8) is 0 Å². The minimum Gasteiger partial charge on any atom is -0.312 e. The Balaban J connectivity index is 1.89. The minimum absolute atomic E-state index is 0.479. The van der Waals surface area contributed by atoms with Crippen molar-refractivity contribution >= 4 is 0 Å². The van der Waals surface area contributed by atoms with Crippen LogP contribution >= 0.6 is 0 Å². The lowest BCUT2D eigenvalue weighted by Gasteiger charge is -2.41. The van der Waals surface area contributed by atoms with E-state index in [1.54, 1.807) is 0 Å². The smallest absolute Gasteiger partial charge is 0.0246 e. The molecule has 0 aliphatic carbocycles. The van der Waals surface area contributed by atoms with Gasteiger partial charge in [-0.05, 0) is 36.6 Å². The fourth-order valence-electron chi connectivity index (χ4n) is 3.24. The first-order valence-corrected chi connectivity index (χ1v) is 6.95. The van der Waals surface area contributed by atoms with Crippen LogP contribution in [0.3, 0.4) is 0 Å². The third-order valence-corrected chi connectivity index (χ3v) is 4.84. The summed E-state index contributed by atoms with van der Waals surface area (Å²) >= 11 is 0. The first kappa shape index (κ1) is 12.4. The average molecular weight is 224 g/mol. The minimum atomic E-state index is 0.479. The third kappa shape index (κ3) is 2.60. The molecule has 0 aromatic heterocycles. The normalized spacial score (nSPS) is 40.1. The van der Waals surface area contributed by atoms with Crippen molar-refractivity contribution < 1.29 is 0 Å². The zero-order valence-electron chi connectivity index (χ0n) is 11.4. The Morgan fingerprint density at radius 2 is 1.81 bits per heavy atom.